The number of alkyl halides is 2. The van der Waals surface area contributed by atoms with Crippen LogP contribution in [0.4, 0.5) is 0 Å². The lowest BCUT2D eigenvalue weighted by atomic mass is 9.74. The molecule has 3 atom stereocenters. The maximum Gasteiger partial charge on any atom is 0.313 e. The van der Waals surface area contributed by atoms with Crippen LogP contribution in [-0.4, -0.2) is 53.3 Å². The van der Waals surface area contributed by atoms with E-state index >= 15 is 0 Å². The van der Waals surface area contributed by atoms with Crippen molar-refractivity contribution < 1.29 is 27.9 Å². The average Bonchev–Trinajstić information content (AvgIpc) is 2.82. The topological polar surface area (TPSA) is 101 Å². The summed E-state index contributed by atoms with van der Waals surface area (Å²) >= 11 is 13.3. The number of carboxylic acids is 1. The predicted molar refractivity (Wildman–Crippen MR) is 108 cm³/mol. The summed E-state index contributed by atoms with van der Waals surface area (Å²) in [7, 11) is -2.90. The molecule has 7 nitrogen and oxygen atoms in total. The molecule has 0 bridgehead atoms. The van der Waals surface area contributed by atoms with Crippen LogP contribution in [0.5, 0.6) is 0 Å². The van der Waals surface area contributed by atoms with Gasteiger partial charge in [0.2, 0.25) is 0 Å². The first kappa shape index (κ1) is 22.1. The van der Waals surface area contributed by atoms with E-state index in [2.05, 4.69) is 0 Å². The third kappa shape index (κ3) is 3.46. The Labute approximate surface area is 179 Å². The molecule has 10 heteroatoms. The third-order valence-electron chi connectivity index (χ3n) is 5.41. The molecule has 1 N–H and O–H groups in total. The van der Waals surface area contributed by atoms with Gasteiger partial charge in [0.05, 0.1) is 17.0 Å². The Morgan fingerprint density at radius 3 is 2.48 bits per heavy atom. The minimum atomic E-state index is -4.16. The molecular weight excluding hydrogens is 441 g/mol. The highest BCUT2D eigenvalue weighted by atomic mass is 35.5. The Morgan fingerprint density at radius 1 is 1.34 bits per heavy atom. The van der Waals surface area contributed by atoms with Crippen molar-refractivity contribution in [2.75, 3.05) is 13.7 Å². The SMILES string of the molecule is COC1(Cl)C=C(C(C)C)CC(Cl)(CN2C(=O)c3ccccc3S2(=O)=O)C1C(=O)O. The lowest BCUT2D eigenvalue weighted by Gasteiger charge is -2.46. The molecular formula is C19H21Cl2NO6S. The number of carboxylic acid groups (broad SMARTS) is 1. The van der Waals surface area contributed by atoms with E-state index in [9.17, 15) is 23.1 Å². The molecule has 1 aromatic rings. The largest absolute Gasteiger partial charge is 0.481 e. The van der Waals surface area contributed by atoms with Gasteiger partial charge in [-0.05, 0) is 30.5 Å². The number of amides is 1. The number of nitrogens with zero attached hydrogens (tertiary/aromatic N) is 1. The van der Waals surface area contributed by atoms with Crippen LogP contribution in [0.3, 0.4) is 0 Å². The quantitative estimate of drug-likeness (QED) is 0.533. The summed E-state index contributed by atoms with van der Waals surface area (Å²) in [4.78, 5) is 23.1. The Hall–Kier alpha value is -1.61. The lowest BCUT2D eigenvalue weighted by Crippen LogP contribution is -2.58. The summed E-state index contributed by atoms with van der Waals surface area (Å²) in [6.45, 7) is 3.21. The van der Waals surface area contributed by atoms with E-state index in [1.54, 1.807) is 6.07 Å². The molecule has 0 radical (unpaired) electrons. The fourth-order valence-electron chi connectivity index (χ4n) is 3.89. The molecule has 2 aliphatic rings. The van der Waals surface area contributed by atoms with Crippen LogP contribution in [-0.2, 0) is 19.6 Å². The number of hydrogen-bond donors (Lipinski definition) is 1. The van der Waals surface area contributed by atoms with Gasteiger partial charge in [-0.1, -0.05) is 43.2 Å². The second kappa shape index (κ2) is 7.27. The summed E-state index contributed by atoms with van der Waals surface area (Å²) in [6.07, 6.45) is 1.56. The number of methoxy groups -OCH3 is 1. The van der Waals surface area contributed by atoms with Crippen molar-refractivity contribution in [2.24, 2.45) is 11.8 Å². The molecule has 1 amide bonds. The first-order valence-electron chi connectivity index (χ1n) is 8.91. The molecule has 1 aliphatic carbocycles. The number of halogens is 2. The minimum Gasteiger partial charge on any atom is -0.481 e. The van der Waals surface area contributed by atoms with Crippen molar-refractivity contribution in [3.05, 3.63) is 41.5 Å². The first-order valence-corrected chi connectivity index (χ1v) is 11.1. The van der Waals surface area contributed by atoms with Crippen molar-refractivity contribution in [3.8, 4) is 0 Å². The fraction of sp³-hybridized carbons (Fsp3) is 0.474. The Morgan fingerprint density at radius 2 is 1.97 bits per heavy atom. The second-order valence-electron chi connectivity index (χ2n) is 7.57. The molecule has 0 saturated carbocycles. The third-order valence-corrected chi connectivity index (χ3v) is 8.15. The lowest BCUT2D eigenvalue weighted by molar-refractivity contribution is -0.149. The molecule has 1 aromatic carbocycles. The van der Waals surface area contributed by atoms with Crippen molar-refractivity contribution in [3.63, 3.8) is 0 Å². The number of fused-ring (bicyclic) bond motifs is 1. The van der Waals surface area contributed by atoms with E-state index in [4.69, 9.17) is 27.9 Å². The summed E-state index contributed by atoms with van der Waals surface area (Å²) in [5.41, 5.74) is 0.745. The summed E-state index contributed by atoms with van der Waals surface area (Å²) in [5, 5.41) is 8.09. The van der Waals surface area contributed by atoms with Gasteiger partial charge in [0, 0.05) is 7.11 Å². The molecule has 0 saturated heterocycles. The zero-order chi connectivity index (χ0) is 21.8. The number of carbonyl (C=O) groups is 2. The molecule has 158 valence electrons. The van der Waals surface area contributed by atoms with Gasteiger partial charge in [-0.3, -0.25) is 9.59 Å². The number of benzene rings is 1. The van der Waals surface area contributed by atoms with Crippen LogP contribution in [0.1, 0.15) is 30.6 Å². The van der Waals surface area contributed by atoms with E-state index in [0.717, 1.165) is 5.57 Å². The molecule has 1 aliphatic heterocycles. The highest BCUT2D eigenvalue weighted by Crippen LogP contribution is 2.50. The van der Waals surface area contributed by atoms with E-state index < -0.39 is 44.3 Å². The number of rotatable bonds is 5. The van der Waals surface area contributed by atoms with Gasteiger partial charge >= 0.3 is 5.97 Å². The summed E-state index contributed by atoms with van der Waals surface area (Å²) < 4.78 is 31.8. The van der Waals surface area contributed by atoms with Gasteiger partial charge in [-0.15, -0.1) is 11.6 Å². The number of allylic oxidation sites excluding steroid dienone is 1. The maximum atomic E-state index is 13.0. The number of aliphatic carboxylic acids is 1. The van der Waals surface area contributed by atoms with Gasteiger partial charge in [-0.25, -0.2) is 12.7 Å². The van der Waals surface area contributed by atoms with E-state index in [1.807, 2.05) is 13.8 Å². The van der Waals surface area contributed by atoms with Gasteiger partial charge in [0.15, 0.2) is 5.06 Å². The molecule has 29 heavy (non-hydrogen) atoms. The number of sulfonamides is 1. The van der Waals surface area contributed by atoms with Crippen LogP contribution in [0.2, 0.25) is 0 Å². The molecule has 3 unspecified atom stereocenters. The maximum absolute atomic E-state index is 13.0. The Bertz CT molecular complexity index is 1010. The summed E-state index contributed by atoms with van der Waals surface area (Å²) in [6, 6.07) is 5.81. The van der Waals surface area contributed by atoms with Crippen LogP contribution >= 0.6 is 23.2 Å². The van der Waals surface area contributed by atoms with Gasteiger partial charge in [-0.2, -0.15) is 0 Å². The molecule has 0 aromatic heterocycles. The van der Waals surface area contributed by atoms with E-state index in [1.165, 1.54) is 31.4 Å². The van der Waals surface area contributed by atoms with Crippen molar-refractivity contribution in [1.82, 2.24) is 4.31 Å². The van der Waals surface area contributed by atoms with Crippen LogP contribution < -0.4 is 0 Å². The zero-order valence-electron chi connectivity index (χ0n) is 16.1. The smallest absolute Gasteiger partial charge is 0.313 e. The number of carbonyl (C=O) groups excluding carboxylic acids is 1. The zero-order valence-corrected chi connectivity index (χ0v) is 18.4. The van der Waals surface area contributed by atoms with Crippen molar-refractivity contribution in [1.29, 1.82) is 0 Å². The monoisotopic (exact) mass is 461 g/mol. The second-order valence-corrected chi connectivity index (χ2v) is 10.7. The average molecular weight is 462 g/mol. The fourth-order valence-corrected chi connectivity index (χ4v) is 6.63. The van der Waals surface area contributed by atoms with E-state index in [0.29, 0.717) is 4.31 Å². The first-order chi connectivity index (χ1) is 13.4. The molecule has 0 fully saturated rings. The number of hydrogen-bond acceptors (Lipinski definition) is 5. The van der Waals surface area contributed by atoms with Gasteiger partial charge in [0.1, 0.15) is 10.8 Å². The summed E-state index contributed by atoms with van der Waals surface area (Å²) in [5.74, 6) is -3.64. The van der Waals surface area contributed by atoms with Gasteiger partial charge < -0.3 is 9.84 Å². The van der Waals surface area contributed by atoms with Crippen LogP contribution in [0, 0.1) is 11.8 Å². The highest BCUT2D eigenvalue weighted by Gasteiger charge is 2.59. The van der Waals surface area contributed by atoms with Crippen molar-refractivity contribution in [2.45, 2.75) is 35.1 Å². The predicted octanol–water partition coefficient (Wildman–Crippen LogP) is 3.08. The van der Waals surface area contributed by atoms with Crippen LogP contribution in [0.15, 0.2) is 40.8 Å². The Kier molecular flexibility index (Phi) is 5.53. The molecule has 3 rings (SSSR count). The standard InChI is InChI=1S/C19H21Cl2NO6S/c1-11(2)12-8-18(20,15(17(24)25)19(21,9-12)28-3)10-22-16(23)13-6-4-5-7-14(13)29(22,26)27/h4-7,9,11,15H,8,10H2,1-3H3,(H,24,25). The normalized spacial score (nSPS) is 31.0. The Balaban J connectivity index is 2.10. The van der Waals surface area contributed by atoms with E-state index in [-0.39, 0.29) is 22.8 Å². The van der Waals surface area contributed by atoms with Crippen molar-refractivity contribution >= 4 is 45.1 Å². The molecule has 1 heterocycles. The highest BCUT2D eigenvalue weighted by molar-refractivity contribution is 7.90. The van der Waals surface area contributed by atoms with Crippen LogP contribution in [0.25, 0.3) is 0 Å². The van der Waals surface area contributed by atoms with Gasteiger partial charge in [0.25, 0.3) is 15.9 Å². The molecule has 0 spiro atoms. The number of ether oxygens (including phenoxy) is 1. The minimum absolute atomic E-state index is 0.0268.